The minimum Gasteiger partial charge on any atom is -0.481 e. The Balaban J connectivity index is 3.53. The van der Waals surface area contributed by atoms with E-state index in [1.807, 2.05) is 0 Å². The fourth-order valence-electron chi connectivity index (χ4n) is 0.883. The minimum absolute atomic E-state index is 0.000859. The van der Waals surface area contributed by atoms with Crippen LogP contribution in [0.3, 0.4) is 0 Å². The summed E-state index contributed by atoms with van der Waals surface area (Å²) in [5, 5.41) is 8.31. The van der Waals surface area contributed by atoms with Gasteiger partial charge in [-0.1, -0.05) is 6.08 Å². The lowest BCUT2D eigenvalue weighted by Crippen LogP contribution is -2.11. The third kappa shape index (κ3) is 8.67. The number of esters is 2. The second kappa shape index (κ2) is 7.73. The second-order valence-electron chi connectivity index (χ2n) is 2.94. The first-order valence-corrected chi connectivity index (χ1v) is 4.62. The molecule has 0 fully saturated rings. The van der Waals surface area contributed by atoms with E-state index in [9.17, 15) is 14.4 Å². The Morgan fingerprint density at radius 2 is 1.73 bits per heavy atom. The van der Waals surface area contributed by atoms with Crippen LogP contribution in [0.5, 0.6) is 0 Å². The molecule has 0 aromatic carbocycles. The van der Waals surface area contributed by atoms with E-state index >= 15 is 0 Å². The summed E-state index contributed by atoms with van der Waals surface area (Å²) in [6.07, 6.45) is 2.25. The van der Waals surface area contributed by atoms with Crippen molar-refractivity contribution >= 4 is 17.9 Å². The summed E-state index contributed by atoms with van der Waals surface area (Å²) < 4.78 is 4.40. The van der Waals surface area contributed by atoms with Crippen LogP contribution in [0.2, 0.25) is 0 Å². The minimum atomic E-state index is -0.897. The van der Waals surface area contributed by atoms with Crippen LogP contribution < -0.4 is 0 Å². The SMILES string of the molecule is C=CCC(=O)OC(=O)CCCCC(=O)O. The lowest BCUT2D eigenvalue weighted by molar-refractivity contribution is -0.159. The van der Waals surface area contributed by atoms with Crippen LogP contribution in [0.25, 0.3) is 0 Å². The fraction of sp³-hybridized carbons (Fsp3) is 0.500. The first kappa shape index (κ1) is 13.4. The van der Waals surface area contributed by atoms with Crippen molar-refractivity contribution in [3.8, 4) is 0 Å². The number of carbonyl (C=O) groups excluding carboxylic acids is 2. The van der Waals surface area contributed by atoms with Crippen LogP contribution in [-0.4, -0.2) is 23.0 Å². The van der Waals surface area contributed by atoms with Gasteiger partial charge in [-0.05, 0) is 12.8 Å². The molecular formula is C10H14O5. The molecule has 0 rings (SSSR count). The van der Waals surface area contributed by atoms with Crippen LogP contribution in [-0.2, 0) is 19.1 Å². The summed E-state index contributed by atoms with van der Waals surface area (Å²) in [4.78, 5) is 31.9. The smallest absolute Gasteiger partial charge is 0.317 e. The molecule has 15 heavy (non-hydrogen) atoms. The first-order chi connectivity index (χ1) is 7.06. The number of carbonyl (C=O) groups is 3. The average Bonchev–Trinajstić information content (AvgIpc) is 2.12. The van der Waals surface area contributed by atoms with E-state index in [1.54, 1.807) is 0 Å². The van der Waals surface area contributed by atoms with E-state index < -0.39 is 17.9 Å². The highest BCUT2D eigenvalue weighted by Crippen LogP contribution is 2.02. The molecule has 0 aromatic heterocycles. The van der Waals surface area contributed by atoms with Crippen molar-refractivity contribution in [2.75, 3.05) is 0 Å². The molecule has 0 aliphatic rings. The summed E-state index contributed by atoms with van der Waals surface area (Å²) in [6.45, 7) is 3.33. The van der Waals surface area contributed by atoms with Crippen molar-refractivity contribution in [2.24, 2.45) is 0 Å². The number of aliphatic carboxylic acids is 1. The van der Waals surface area contributed by atoms with Crippen molar-refractivity contribution in [3.05, 3.63) is 12.7 Å². The maximum absolute atomic E-state index is 10.9. The van der Waals surface area contributed by atoms with Gasteiger partial charge in [-0.3, -0.25) is 14.4 Å². The van der Waals surface area contributed by atoms with Crippen LogP contribution in [0, 0.1) is 0 Å². The molecule has 0 amide bonds. The van der Waals surface area contributed by atoms with Gasteiger partial charge in [-0.15, -0.1) is 6.58 Å². The average molecular weight is 214 g/mol. The Morgan fingerprint density at radius 1 is 1.13 bits per heavy atom. The molecule has 0 spiro atoms. The third-order valence-electron chi connectivity index (χ3n) is 1.56. The van der Waals surface area contributed by atoms with E-state index in [0.717, 1.165) is 0 Å². The van der Waals surface area contributed by atoms with Crippen LogP contribution >= 0.6 is 0 Å². The fourth-order valence-corrected chi connectivity index (χ4v) is 0.883. The van der Waals surface area contributed by atoms with E-state index in [1.165, 1.54) is 6.08 Å². The van der Waals surface area contributed by atoms with Gasteiger partial charge in [0.25, 0.3) is 0 Å². The molecular weight excluding hydrogens is 200 g/mol. The molecule has 0 saturated carbocycles. The summed E-state index contributed by atoms with van der Waals surface area (Å²) in [6, 6.07) is 0. The Kier molecular flexibility index (Phi) is 6.88. The lowest BCUT2D eigenvalue weighted by atomic mass is 10.2. The number of hydrogen-bond donors (Lipinski definition) is 1. The predicted molar refractivity (Wildman–Crippen MR) is 52.0 cm³/mol. The maximum atomic E-state index is 10.9. The van der Waals surface area contributed by atoms with Crippen molar-refractivity contribution in [2.45, 2.75) is 32.1 Å². The Hall–Kier alpha value is -1.65. The number of ether oxygens (including phenoxy) is 1. The normalized spacial score (nSPS) is 9.33. The zero-order valence-corrected chi connectivity index (χ0v) is 8.40. The molecule has 84 valence electrons. The van der Waals surface area contributed by atoms with Crippen LogP contribution in [0.4, 0.5) is 0 Å². The summed E-state index contributed by atoms with van der Waals surface area (Å²) in [7, 11) is 0. The molecule has 0 bridgehead atoms. The van der Waals surface area contributed by atoms with Gasteiger partial charge >= 0.3 is 17.9 Å². The standard InChI is InChI=1S/C10H14O5/c1-2-5-9(13)15-10(14)7-4-3-6-8(11)12/h2H,1,3-7H2,(H,11,12). The molecule has 0 aromatic rings. The van der Waals surface area contributed by atoms with Gasteiger partial charge in [-0.25, -0.2) is 0 Å². The monoisotopic (exact) mass is 214 g/mol. The van der Waals surface area contributed by atoms with Gasteiger partial charge in [0, 0.05) is 12.8 Å². The van der Waals surface area contributed by atoms with Crippen molar-refractivity contribution < 1.29 is 24.2 Å². The van der Waals surface area contributed by atoms with Gasteiger partial charge in [0.2, 0.25) is 0 Å². The number of carboxylic acids is 1. The first-order valence-electron chi connectivity index (χ1n) is 4.62. The van der Waals surface area contributed by atoms with E-state index in [2.05, 4.69) is 11.3 Å². The molecule has 1 N–H and O–H groups in total. The second-order valence-corrected chi connectivity index (χ2v) is 2.94. The molecule has 0 radical (unpaired) electrons. The van der Waals surface area contributed by atoms with Gasteiger partial charge in [0.15, 0.2) is 0 Å². The summed E-state index contributed by atoms with van der Waals surface area (Å²) in [5.41, 5.74) is 0. The van der Waals surface area contributed by atoms with Gasteiger partial charge < -0.3 is 9.84 Å². The number of carboxylic acid groups (broad SMARTS) is 1. The highest BCUT2D eigenvalue weighted by Gasteiger charge is 2.08. The third-order valence-corrected chi connectivity index (χ3v) is 1.56. The quantitative estimate of drug-likeness (QED) is 0.299. The van der Waals surface area contributed by atoms with Crippen molar-refractivity contribution in [3.63, 3.8) is 0 Å². The van der Waals surface area contributed by atoms with Crippen molar-refractivity contribution in [1.82, 2.24) is 0 Å². The maximum Gasteiger partial charge on any atom is 0.317 e. The number of rotatable bonds is 7. The molecule has 0 heterocycles. The van der Waals surface area contributed by atoms with Crippen LogP contribution in [0.1, 0.15) is 32.1 Å². The zero-order chi connectivity index (χ0) is 11.7. The van der Waals surface area contributed by atoms with E-state index in [0.29, 0.717) is 12.8 Å². The topological polar surface area (TPSA) is 80.7 Å². The number of hydrogen-bond acceptors (Lipinski definition) is 4. The van der Waals surface area contributed by atoms with Gasteiger partial charge in [-0.2, -0.15) is 0 Å². The Morgan fingerprint density at radius 3 is 2.27 bits per heavy atom. The van der Waals surface area contributed by atoms with Crippen LogP contribution in [0.15, 0.2) is 12.7 Å². The molecule has 0 aliphatic carbocycles. The van der Waals surface area contributed by atoms with E-state index in [-0.39, 0.29) is 19.3 Å². The highest BCUT2D eigenvalue weighted by atomic mass is 16.6. The molecule has 5 nitrogen and oxygen atoms in total. The molecule has 0 saturated heterocycles. The number of unbranched alkanes of at least 4 members (excludes halogenated alkanes) is 1. The largest absolute Gasteiger partial charge is 0.481 e. The Labute approximate surface area is 87.7 Å². The Bertz CT molecular complexity index is 257. The predicted octanol–water partition coefficient (Wildman–Crippen LogP) is 1.28. The lowest BCUT2D eigenvalue weighted by Gasteiger charge is -2.00. The highest BCUT2D eigenvalue weighted by molar-refractivity contribution is 5.86. The molecule has 0 atom stereocenters. The summed E-state index contributed by atoms with van der Waals surface area (Å²) >= 11 is 0. The molecule has 0 unspecified atom stereocenters. The van der Waals surface area contributed by atoms with Gasteiger partial charge in [0.05, 0.1) is 6.42 Å². The van der Waals surface area contributed by atoms with E-state index in [4.69, 9.17) is 5.11 Å². The summed E-state index contributed by atoms with van der Waals surface area (Å²) in [5.74, 6) is -2.15. The molecule has 0 aliphatic heterocycles. The zero-order valence-electron chi connectivity index (χ0n) is 8.40. The molecule has 5 heteroatoms. The van der Waals surface area contributed by atoms with Crippen molar-refractivity contribution in [1.29, 1.82) is 0 Å². The van der Waals surface area contributed by atoms with Gasteiger partial charge in [0.1, 0.15) is 0 Å².